The Morgan fingerprint density at radius 2 is 0.750 bits per heavy atom. The predicted molar refractivity (Wildman–Crippen MR) is 260 cm³/mol. The number of ether oxygens (including phenoxy) is 2. The van der Waals surface area contributed by atoms with Gasteiger partial charge in [0.15, 0.2) is 23.0 Å². The van der Waals surface area contributed by atoms with Crippen LogP contribution in [0.15, 0.2) is 237 Å². The van der Waals surface area contributed by atoms with Gasteiger partial charge in [0, 0.05) is 22.6 Å². The molecule has 0 radical (unpaired) electrons. The molecule has 13 rings (SSSR count). The van der Waals surface area contributed by atoms with Crippen LogP contribution >= 0.6 is 0 Å². The van der Waals surface area contributed by atoms with Crippen LogP contribution in [0.1, 0.15) is 22.3 Å². The minimum atomic E-state index is -0.445. The first-order chi connectivity index (χ1) is 31.7. The van der Waals surface area contributed by atoms with Gasteiger partial charge in [0.1, 0.15) is 0 Å². The van der Waals surface area contributed by atoms with Gasteiger partial charge >= 0.3 is 0 Å². The lowest BCUT2D eigenvalue weighted by Gasteiger charge is -2.31. The van der Waals surface area contributed by atoms with E-state index in [4.69, 9.17) is 9.47 Å². The van der Waals surface area contributed by atoms with Crippen molar-refractivity contribution >= 4 is 17.1 Å². The summed E-state index contributed by atoms with van der Waals surface area (Å²) in [5, 5.41) is 0. The summed E-state index contributed by atoms with van der Waals surface area (Å²) in [5.74, 6) is 2.89. The minimum Gasteiger partial charge on any atom is -0.449 e. The lowest BCUT2D eigenvalue weighted by Crippen LogP contribution is -2.25. The van der Waals surface area contributed by atoms with E-state index in [0.29, 0.717) is 11.5 Å². The molecule has 0 aromatic heterocycles. The molecule has 10 aromatic carbocycles. The van der Waals surface area contributed by atoms with E-state index in [0.717, 1.165) is 56.4 Å². The van der Waals surface area contributed by atoms with E-state index in [9.17, 15) is 0 Å². The smallest absolute Gasteiger partial charge is 0.178 e. The van der Waals surface area contributed by atoms with Crippen LogP contribution < -0.4 is 14.4 Å². The molecule has 0 saturated heterocycles. The van der Waals surface area contributed by atoms with E-state index in [-0.39, 0.29) is 0 Å². The Morgan fingerprint density at radius 3 is 1.41 bits per heavy atom. The third-order valence-corrected chi connectivity index (χ3v) is 13.3. The van der Waals surface area contributed by atoms with Crippen molar-refractivity contribution in [2.75, 3.05) is 4.90 Å². The number of rotatable bonds is 6. The summed E-state index contributed by atoms with van der Waals surface area (Å²) in [5.41, 5.74) is 19.6. The second kappa shape index (κ2) is 14.3. The highest BCUT2D eigenvalue weighted by molar-refractivity contribution is 5.98. The molecule has 0 N–H and O–H groups in total. The number of benzene rings is 10. The zero-order chi connectivity index (χ0) is 42.2. The number of hydrogen-bond donors (Lipinski definition) is 0. The van der Waals surface area contributed by atoms with Crippen LogP contribution in [-0.4, -0.2) is 0 Å². The van der Waals surface area contributed by atoms with Gasteiger partial charge in [-0.2, -0.15) is 0 Å². The highest BCUT2D eigenvalue weighted by Gasteiger charge is 2.53. The Bertz CT molecular complexity index is 3420. The maximum absolute atomic E-state index is 6.95. The van der Waals surface area contributed by atoms with Crippen molar-refractivity contribution in [3.8, 4) is 78.6 Å². The van der Waals surface area contributed by atoms with Gasteiger partial charge < -0.3 is 14.4 Å². The average molecular weight is 818 g/mol. The lowest BCUT2D eigenvalue weighted by atomic mass is 9.70. The fourth-order valence-electron chi connectivity index (χ4n) is 10.6. The Balaban J connectivity index is 0.848. The Labute approximate surface area is 372 Å². The van der Waals surface area contributed by atoms with E-state index in [1.165, 1.54) is 50.1 Å². The van der Waals surface area contributed by atoms with Gasteiger partial charge in [-0.05, 0) is 133 Å². The van der Waals surface area contributed by atoms with Gasteiger partial charge in [-0.3, -0.25) is 0 Å². The van der Waals surface area contributed by atoms with E-state index in [1.807, 2.05) is 0 Å². The van der Waals surface area contributed by atoms with Gasteiger partial charge in [0.05, 0.1) is 5.41 Å². The van der Waals surface area contributed by atoms with Gasteiger partial charge in [0.25, 0.3) is 0 Å². The molecule has 0 unspecified atom stereocenters. The van der Waals surface area contributed by atoms with Crippen LogP contribution in [0, 0.1) is 0 Å². The summed E-state index contributed by atoms with van der Waals surface area (Å²) in [6.45, 7) is 0. The molecule has 2 aliphatic carbocycles. The van der Waals surface area contributed by atoms with Crippen molar-refractivity contribution in [3.63, 3.8) is 0 Å². The Kier molecular flexibility index (Phi) is 8.13. The Morgan fingerprint density at radius 1 is 0.281 bits per heavy atom. The third-order valence-electron chi connectivity index (χ3n) is 13.3. The molecule has 1 heterocycles. The molecule has 300 valence electrons. The van der Waals surface area contributed by atoms with Crippen molar-refractivity contribution < 1.29 is 9.47 Å². The molecule has 0 bridgehead atoms. The van der Waals surface area contributed by atoms with Crippen molar-refractivity contribution in [2.45, 2.75) is 5.41 Å². The minimum absolute atomic E-state index is 0.445. The van der Waals surface area contributed by atoms with E-state index >= 15 is 0 Å². The second-order valence-corrected chi connectivity index (χ2v) is 16.8. The second-order valence-electron chi connectivity index (χ2n) is 16.8. The van der Waals surface area contributed by atoms with Crippen LogP contribution in [0.25, 0.3) is 55.6 Å². The molecule has 1 aliphatic heterocycles. The standard InChI is InChI=1S/C61H39NO2/c1-3-16-40(17-4-1)43-20-14-24-47(37-43)62(46-22-5-2-6-23-46)48-25-15-21-44(38-48)41-18-13-19-42(36-41)45-32-34-56-58(39-45)63-57-35-33-55-59(60(57)64-56)51-28-9-12-31-54(51)61(55)52-29-10-7-26-49(52)50-27-8-11-30-53(50)61/h1-39H. The van der Waals surface area contributed by atoms with Gasteiger partial charge in [0.2, 0.25) is 0 Å². The zero-order valence-electron chi connectivity index (χ0n) is 34.8. The maximum atomic E-state index is 6.95. The van der Waals surface area contributed by atoms with E-state index in [1.54, 1.807) is 0 Å². The van der Waals surface area contributed by atoms with Crippen LogP contribution in [0.5, 0.6) is 23.0 Å². The fraction of sp³-hybridized carbons (Fsp3) is 0.0164. The van der Waals surface area contributed by atoms with Crippen molar-refractivity contribution in [1.82, 2.24) is 0 Å². The fourth-order valence-corrected chi connectivity index (χ4v) is 10.6. The van der Waals surface area contributed by atoms with Crippen LogP contribution in [0.2, 0.25) is 0 Å². The normalized spacial score (nSPS) is 13.1. The molecule has 0 amide bonds. The van der Waals surface area contributed by atoms with Crippen LogP contribution in [-0.2, 0) is 5.41 Å². The van der Waals surface area contributed by atoms with Gasteiger partial charge in [-0.25, -0.2) is 0 Å². The number of fused-ring (bicyclic) bond motifs is 13. The number of nitrogens with zero attached hydrogens (tertiary/aromatic N) is 1. The summed E-state index contributed by atoms with van der Waals surface area (Å²) in [4.78, 5) is 2.33. The number of anilines is 3. The van der Waals surface area contributed by atoms with Crippen molar-refractivity contribution in [2.24, 2.45) is 0 Å². The zero-order valence-corrected chi connectivity index (χ0v) is 34.8. The van der Waals surface area contributed by atoms with Crippen LogP contribution in [0.3, 0.4) is 0 Å². The molecule has 10 aromatic rings. The molecular weight excluding hydrogens is 779 g/mol. The maximum Gasteiger partial charge on any atom is 0.178 e. The van der Waals surface area contributed by atoms with E-state index < -0.39 is 5.41 Å². The molecule has 3 aliphatic rings. The quantitative estimate of drug-likeness (QED) is 0.167. The highest BCUT2D eigenvalue weighted by atomic mass is 16.6. The monoisotopic (exact) mass is 817 g/mol. The first-order valence-electron chi connectivity index (χ1n) is 21.9. The van der Waals surface area contributed by atoms with Crippen molar-refractivity contribution in [3.05, 3.63) is 259 Å². The molecule has 0 fully saturated rings. The molecule has 64 heavy (non-hydrogen) atoms. The summed E-state index contributed by atoms with van der Waals surface area (Å²) >= 11 is 0. The molecule has 0 saturated carbocycles. The molecule has 0 atom stereocenters. The molecular formula is C61H39NO2. The predicted octanol–water partition coefficient (Wildman–Crippen LogP) is 16.4. The van der Waals surface area contributed by atoms with E-state index in [2.05, 4.69) is 241 Å². The van der Waals surface area contributed by atoms with Gasteiger partial charge in [-0.1, -0.05) is 176 Å². The molecule has 1 spiro atoms. The topological polar surface area (TPSA) is 21.7 Å². The number of para-hydroxylation sites is 1. The summed E-state index contributed by atoms with van der Waals surface area (Å²) < 4.78 is 13.8. The first kappa shape index (κ1) is 36.3. The summed E-state index contributed by atoms with van der Waals surface area (Å²) in [6, 6.07) is 84.7. The first-order valence-corrected chi connectivity index (χ1v) is 21.9. The SMILES string of the molecule is c1ccc(-c2cccc(N(c3ccccc3)c3cccc(-c4cccc(-c5ccc6c(c5)Oc5ccc7c(c5O6)-c5ccccc5C75c6ccccc6-c6ccccc65)c4)c3)c2)cc1. The number of hydrogen-bond acceptors (Lipinski definition) is 3. The summed E-state index contributed by atoms with van der Waals surface area (Å²) in [6.07, 6.45) is 0. The lowest BCUT2D eigenvalue weighted by molar-refractivity contribution is 0.360. The molecule has 3 nitrogen and oxygen atoms in total. The van der Waals surface area contributed by atoms with Crippen LogP contribution in [0.4, 0.5) is 17.1 Å². The summed E-state index contributed by atoms with van der Waals surface area (Å²) in [7, 11) is 0. The molecule has 3 heteroatoms. The van der Waals surface area contributed by atoms with Crippen molar-refractivity contribution in [1.29, 1.82) is 0 Å². The van der Waals surface area contributed by atoms with Gasteiger partial charge in [-0.15, -0.1) is 0 Å². The Hall–Kier alpha value is -8.40. The third kappa shape index (κ3) is 5.47. The largest absolute Gasteiger partial charge is 0.449 e. The highest BCUT2D eigenvalue weighted by Crippen LogP contribution is 2.66. The average Bonchev–Trinajstić information content (AvgIpc) is 3.84.